The van der Waals surface area contributed by atoms with E-state index in [1.165, 1.54) is 22.4 Å². The Hall–Kier alpha value is -1.57. The highest BCUT2D eigenvalue weighted by Crippen LogP contribution is 2.24. The van der Waals surface area contributed by atoms with Gasteiger partial charge >= 0.3 is 0 Å². The fourth-order valence-corrected chi connectivity index (χ4v) is 2.14. The minimum atomic E-state index is 1.03. The Labute approximate surface area is 96.9 Å². The minimum Gasteiger partial charge on any atom is -0.272 e. The number of aromatic nitrogens is 2. The molecule has 0 fully saturated rings. The summed E-state index contributed by atoms with van der Waals surface area (Å²) in [6, 6.07) is 8.55. The fraction of sp³-hybridized carbons (Fsp3) is 0.357. The molecule has 2 nitrogen and oxygen atoms in total. The van der Waals surface area contributed by atoms with E-state index in [1.807, 2.05) is 11.7 Å². The molecule has 0 amide bonds. The topological polar surface area (TPSA) is 17.8 Å². The minimum absolute atomic E-state index is 1.03. The Morgan fingerprint density at radius 1 is 1.12 bits per heavy atom. The Kier molecular flexibility index (Phi) is 2.82. The summed E-state index contributed by atoms with van der Waals surface area (Å²) in [5.41, 5.74) is 6.22. The summed E-state index contributed by atoms with van der Waals surface area (Å²) in [5.74, 6) is 0. The molecule has 0 aliphatic heterocycles. The van der Waals surface area contributed by atoms with Crippen molar-refractivity contribution in [3.63, 3.8) is 0 Å². The van der Waals surface area contributed by atoms with Crippen molar-refractivity contribution in [3.05, 3.63) is 41.1 Å². The lowest BCUT2D eigenvalue weighted by Crippen LogP contribution is -1.96. The summed E-state index contributed by atoms with van der Waals surface area (Å²) in [5, 5.41) is 4.60. The summed E-state index contributed by atoms with van der Waals surface area (Å²) < 4.78 is 1.99. The average molecular weight is 214 g/mol. The summed E-state index contributed by atoms with van der Waals surface area (Å²) in [6.07, 6.45) is 1.03. The molecule has 0 radical (unpaired) electrons. The SMILES string of the molecule is CCc1c(C)c(-c2ccc(C)cc2)nn1C. The van der Waals surface area contributed by atoms with Gasteiger partial charge < -0.3 is 0 Å². The van der Waals surface area contributed by atoms with Crippen LogP contribution in [0.4, 0.5) is 0 Å². The Morgan fingerprint density at radius 2 is 1.75 bits per heavy atom. The summed E-state index contributed by atoms with van der Waals surface area (Å²) in [4.78, 5) is 0. The normalized spacial score (nSPS) is 10.8. The zero-order valence-corrected chi connectivity index (χ0v) is 10.4. The first-order valence-corrected chi connectivity index (χ1v) is 5.73. The monoisotopic (exact) mass is 214 g/mol. The van der Waals surface area contributed by atoms with E-state index in [-0.39, 0.29) is 0 Å². The second kappa shape index (κ2) is 4.12. The van der Waals surface area contributed by atoms with Crippen LogP contribution in [0.2, 0.25) is 0 Å². The lowest BCUT2D eigenvalue weighted by molar-refractivity contribution is 0.718. The lowest BCUT2D eigenvalue weighted by Gasteiger charge is -2.00. The van der Waals surface area contributed by atoms with Crippen molar-refractivity contribution in [1.82, 2.24) is 9.78 Å². The van der Waals surface area contributed by atoms with E-state index in [4.69, 9.17) is 0 Å². The highest BCUT2D eigenvalue weighted by atomic mass is 15.3. The van der Waals surface area contributed by atoms with Crippen molar-refractivity contribution in [2.24, 2.45) is 7.05 Å². The molecule has 0 atom stereocenters. The molecule has 0 bridgehead atoms. The van der Waals surface area contributed by atoms with Gasteiger partial charge in [-0.1, -0.05) is 36.8 Å². The van der Waals surface area contributed by atoms with Crippen LogP contribution in [0.25, 0.3) is 11.3 Å². The predicted molar refractivity (Wildman–Crippen MR) is 67.5 cm³/mol. The third-order valence-corrected chi connectivity index (χ3v) is 3.09. The maximum absolute atomic E-state index is 4.60. The van der Waals surface area contributed by atoms with Crippen LogP contribution >= 0.6 is 0 Å². The van der Waals surface area contributed by atoms with Crippen LogP contribution in [-0.2, 0) is 13.5 Å². The Balaban J connectivity index is 2.52. The summed E-state index contributed by atoms with van der Waals surface area (Å²) in [7, 11) is 2.02. The van der Waals surface area contributed by atoms with E-state index < -0.39 is 0 Å². The molecule has 0 aliphatic rings. The van der Waals surface area contributed by atoms with E-state index in [9.17, 15) is 0 Å². The van der Waals surface area contributed by atoms with Crippen molar-refractivity contribution < 1.29 is 0 Å². The molecule has 0 spiro atoms. The van der Waals surface area contributed by atoms with Crippen molar-refractivity contribution in [1.29, 1.82) is 0 Å². The molecule has 0 saturated heterocycles. The van der Waals surface area contributed by atoms with Crippen LogP contribution < -0.4 is 0 Å². The van der Waals surface area contributed by atoms with Gasteiger partial charge in [-0.2, -0.15) is 5.10 Å². The second-order valence-electron chi connectivity index (χ2n) is 4.26. The van der Waals surface area contributed by atoms with Gasteiger partial charge in [0.25, 0.3) is 0 Å². The number of nitrogens with zero attached hydrogens (tertiary/aromatic N) is 2. The number of rotatable bonds is 2. The third-order valence-electron chi connectivity index (χ3n) is 3.09. The second-order valence-corrected chi connectivity index (χ2v) is 4.26. The molecule has 16 heavy (non-hydrogen) atoms. The first kappa shape index (κ1) is 10.9. The van der Waals surface area contributed by atoms with E-state index in [0.29, 0.717) is 0 Å². The Bertz CT molecular complexity index is 492. The molecule has 84 valence electrons. The van der Waals surface area contributed by atoms with Crippen molar-refractivity contribution >= 4 is 0 Å². The molecule has 2 heteroatoms. The molecule has 0 aliphatic carbocycles. The maximum Gasteiger partial charge on any atom is 0.0955 e. The summed E-state index contributed by atoms with van der Waals surface area (Å²) in [6.45, 7) is 6.43. The number of benzene rings is 1. The van der Waals surface area contributed by atoms with Gasteiger partial charge in [-0.3, -0.25) is 4.68 Å². The van der Waals surface area contributed by atoms with Crippen molar-refractivity contribution in [2.45, 2.75) is 27.2 Å². The molecule has 0 saturated carbocycles. The first-order chi connectivity index (χ1) is 7.63. The first-order valence-electron chi connectivity index (χ1n) is 5.73. The number of hydrogen-bond donors (Lipinski definition) is 0. The highest BCUT2D eigenvalue weighted by molar-refractivity contribution is 5.64. The largest absolute Gasteiger partial charge is 0.272 e. The standard InChI is InChI=1S/C14H18N2/c1-5-13-11(3)14(15-16(13)4)12-8-6-10(2)7-9-12/h6-9H,5H2,1-4H3. The zero-order chi connectivity index (χ0) is 11.7. The maximum atomic E-state index is 4.60. The van der Waals surface area contributed by atoms with Gasteiger partial charge in [-0.05, 0) is 25.8 Å². The molecule has 1 aromatic heterocycles. The highest BCUT2D eigenvalue weighted by Gasteiger charge is 2.11. The number of aryl methyl sites for hydroxylation is 2. The quantitative estimate of drug-likeness (QED) is 0.750. The van der Waals surface area contributed by atoms with E-state index >= 15 is 0 Å². The fourth-order valence-electron chi connectivity index (χ4n) is 2.14. The molecular weight excluding hydrogens is 196 g/mol. The van der Waals surface area contributed by atoms with Crippen LogP contribution in [0.3, 0.4) is 0 Å². The van der Waals surface area contributed by atoms with Crippen molar-refractivity contribution in [2.75, 3.05) is 0 Å². The molecule has 2 rings (SSSR count). The van der Waals surface area contributed by atoms with Crippen LogP contribution in [0, 0.1) is 13.8 Å². The summed E-state index contributed by atoms with van der Waals surface area (Å²) >= 11 is 0. The van der Waals surface area contributed by atoms with Crippen LogP contribution in [-0.4, -0.2) is 9.78 Å². The zero-order valence-electron chi connectivity index (χ0n) is 10.4. The lowest BCUT2D eigenvalue weighted by atomic mass is 10.0. The van der Waals surface area contributed by atoms with Crippen molar-refractivity contribution in [3.8, 4) is 11.3 Å². The van der Waals surface area contributed by atoms with Crippen LogP contribution in [0.5, 0.6) is 0 Å². The van der Waals surface area contributed by atoms with E-state index in [1.54, 1.807) is 0 Å². The molecule has 1 aromatic carbocycles. The smallest absolute Gasteiger partial charge is 0.0955 e. The van der Waals surface area contributed by atoms with Gasteiger partial charge in [-0.15, -0.1) is 0 Å². The molecular formula is C14H18N2. The van der Waals surface area contributed by atoms with Gasteiger partial charge in [0.15, 0.2) is 0 Å². The Morgan fingerprint density at radius 3 is 2.25 bits per heavy atom. The third kappa shape index (κ3) is 1.75. The van der Waals surface area contributed by atoms with Gasteiger partial charge in [0.2, 0.25) is 0 Å². The molecule has 2 aromatic rings. The molecule has 0 unspecified atom stereocenters. The average Bonchev–Trinajstić information content (AvgIpc) is 2.55. The van der Waals surface area contributed by atoms with Gasteiger partial charge in [0.05, 0.1) is 5.69 Å². The predicted octanol–water partition coefficient (Wildman–Crippen LogP) is 3.27. The van der Waals surface area contributed by atoms with E-state index in [0.717, 1.165) is 12.1 Å². The molecule has 1 heterocycles. The van der Waals surface area contributed by atoms with Gasteiger partial charge in [-0.25, -0.2) is 0 Å². The molecule has 0 N–H and O–H groups in total. The number of hydrogen-bond acceptors (Lipinski definition) is 1. The van der Waals surface area contributed by atoms with Gasteiger partial charge in [0, 0.05) is 18.3 Å². The van der Waals surface area contributed by atoms with E-state index in [2.05, 4.69) is 50.1 Å². The van der Waals surface area contributed by atoms with Crippen LogP contribution in [0.1, 0.15) is 23.7 Å². The van der Waals surface area contributed by atoms with Gasteiger partial charge in [0.1, 0.15) is 0 Å². The van der Waals surface area contributed by atoms with Crippen LogP contribution in [0.15, 0.2) is 24.3 Å².